The topological polar surface area (TPSA) is 72.2 Å². The molecule has 1 rings (SSSR count). The molecule has 1 aromatic rings. The Labute approximate surface area is 115 Å². The van der Waals surface area contributed by atoms with Gasteiger partial charge in [-0.15, -0.1) is 0 Å². The van der Waals surface area contributed by atoms with E-state index in [4.69, 9.17) is 0 Å². The lowest BCUT2D eigenvalue weighted by Crippen LogP contribution is -2.25. The van der Waals surface area contributed by atoms with Crippen molar-refractivity contribution in [1.82, 2.24) is 5.32 Å². The molecule has 1 amide bonds. The number of carbonyl (C=O) groups excluding carboxylic acids is 1. The molecular formula is C13H16F2N2O3. The van der Waals surface area contributed by atoms with Crippen molar-refractivity contribution in [3.63, 3.8) is 0 Å². The third kappa shape index (κ3) is 4.25. The van der Waals surface area contributed by atoms with Crippen molar-refractivity contribution in [1.29, 1.82) is 0 Å². The van der Waals surface area contributed by atoms with E-state index in [-0.39, 0.29) is 0 Å². The van der Waals surface area contributed by atoms with Gasteiger partial charge in [-0.3, -0.25) is 14.9 Å². The molecule has 0 aromatic heterocycles. The number of rotatable bonds is 6. The van der Waals surface area contributed by atoms with Gasteiger partial charge in [0.1, 0.15) is 5.82 Å². The van der Waals surface area contributed by atoms with Gasteiger partial charge in [0.15, 0.2) is 0 Å². The number of benzene rings is 1. The summed E-state index contributed by atoms with van der Waals surface area (Å²) in [5, 5.41) is 12.9. The molecule has 0 radical (unpaired) electrons. The van der Waals surface area contributed by atoms with E-state index in [2.05, 4.69) is 5.32 Å². The van der Waals surface area contributed by atoms with Gasteiger partial charge in [0, 0.05) is 6.54 Å². The van der Waals surface area contributed by atoms with Crippen LogP contribution in [0.1, 0.15) is 37.0 Å². The Hall–Kier alpha value is -2.05. The van der Waals surface area contributed by atoms with Gasteiger partial charge in [-0.2, -0.15) is 4.39 Å². The van der Waals surface area contributed by atoms with Crippen LogP contribution in [0, 0.1) is 27.7 Å². The van der Waals surface area contributed by atoms with E-state index in [0.29, 0.717) is 24.6 Å². The Morgan fingerprint density at radius 1 is 1.35 bits per heavy atom. The molecule has 0 unspecified atom stereocenters. The fourth-order valence-corrected chi connectivity index (χ4v) is 1.66. The lowest BCUT2D eigenvalue weighted by Gasteiger charge is -2.07. The second kappa shape index (κ2) is 6.93. The first-order valence-electron chi connectivity index (χ1n) is 6.24. The van der Waals surface area contributed by atoms with E-state index >= 15 is 0 Å². The van der Waals surface area contributed by atoms with Crippen molar-refractivity contribution in [3.05, 3.63) is 39.4 Å². The first kappa shape index (κ1) is 16.0. The molecule has 0 atom stereocenters. The molecule has 0 spiro atoms. The fourth-order valence-electron chi connectivity index (χ4n) is 1.66. The lowest BCUT2D eigenvalue weighted by molar-refractivity contribution is -0.387. The zero-order chi connectivity index (χ0) is 15.3. The normalized spacial score (nSPS) is 10.7. The van der Waals surface area contributed by atoms with Gasteiger partial charge in [-0.1, -0.05) is 13.8 Å². The standard InChI is InChI=1S/C13H16F2N2O3/c1-8(2)4-3-5-16-13(18)9-6-11(15)12(17(19)20)7-10(9)14/h6-8H,3-5H2,1-2H3,(H,16,18). The minimum Gasteiger partial charge on any atom is -0.352 e. The van der Waals surface area contributed by atoms with Gasteiger partial charge in [-0.25, -0.2) is 4.39 Å². The summed E-state index contributed by atoms with van der Waals surface area (Å²) < 4.78 is 26.9. The van der Waals surface area contributed by atoms with Crippen LogP contribution in [0.25, 0.3) is 0 Å². The number of amides is 1. The fraction of sp³-hybridized carbons (Fsp3) is 0.462. The van der Waals surface area contributed by atoms with E-state index in [0.717, 1.165) is 12.8 Å². The third-order valence-electron chi connectivity index (χ3n) is 2.72. The van der Waals surface area contributed by atoms with E-state index in [1.54, 1.807) is 0 Å². The summed E-state index contributed by atoms with van der Waals surface area (Å²) in [7, 11) is 0. The predicted molar refractivity (Wildman–Crippen MR) is 69.4 cm³/mol. The van der Waals surface area contributed by atoms with Crippen LogP contribution in [-0.4, -0.2) is 17.4 Å². The zero-order valence-electron chi connectivity index (χ0n) is 11.3. The van der Waals surface area contributed by atoms with Crippen LogP contribution in [0.3, 0.4) is 0 Å². The van der Waals surface area contributed by atoms with Gasteiger partial charge < -0.3 is 5.32 Å². The Morgan fingerprint density at radius 3 is 2.55 bits per heavy atom. The molecule has 0 aliphatic carbocycles. The maximum Gasteiger partial charge on any atom is 0.307 e. The predicted octanol–water partition coefficient (Wildman–Crippen LogP) is 3.04. The Morgan fingerprint density at radius 2 is 2.00 bits per heavy atom. The summed E-state index contributed by atoms with van der Waals surface area (Å²) in [6.45, 7) is 4.41. The van der Waals surface area contributed by atoms with Gasteiger partial charge >= 0.3 is 5.69 Å². The van der Waals surface area contributed by atoms with Crippen LogP contribution in [0.15, 0.2) is 12.1 Å². The van der Waals surface area contributed by atoms with Crippen LogP contribution in [0.4, 0.5) is 14.5 Å². The minimum absolute atomic E-state index is 0.342. The first-order valence-corrected chi connectivity index (χ1v) is 6.24. The molecule has 0 aliphatic heterocycles. The maximum absolute atomic E-state index is 13.5. The van der Waals surface area contributed by atoms with Crippen molar-refractivity contribution in [2.75, 3.05) is 6.54 Å². The molecule has 7 heteroatoms. The molecule has 1 aromatic carbocycles. The highest BCUT2D eigenvalue weighted by Gasteiger charge is 2.21. The average Bonchev–Trinajstić information content (AvgIpc) is 2.36. The van der Waals surface area contributed by atoms with Gasteiger partial charge in [0.2, 0.25) is 5.82 Å². The summed E-state index contributed by atoms with van der Waals surface area (Å²) >= 11 is 0. The Kier molecular flexibility index (Phi) is 5.54. The molecule has 0 bridgehead atoms. The molecular weight excluding hydrogens is 270 g/mol. The highest BCUT2D eigenvalue weighted by Crippen LogP contribution is 2.21. The number of nitro benzene ring substituents is 1. The molecule has 0 saturated carbocycles. The zero-order valence-corrected chi connectivity index (χ0v) is 11.3. The summed E-state index contributed by atoms with van der Waals surface area (Å²) in [6.07, 6.45) is 1.62. The highest BCUT2D eigenvalue weighted by molar-refractivity contribution is 5.94. The highest BCUT2D eigenvalue weighted by atomic mass is 19.1. The van der Waals surface area contributed by atoms with Crippen LogP contribution >= 0.6 is 0 Å². The van der Waals surface area contributed by atoms with Crippen LogP contribution in [0.5, 0.6) is 0 Å². The number of hydrogen-bond donors (Lipinski definition) is 1. The molecule has 0 aliphatic rings. The summed E-state index contributed by atoms with van der Waals surface area (Å²) in [5.74, 6) is -2.64. The minimum atomic E-state index is -1.23. The van der Waals surface area contributed by atoms with Crippen LogP contribution in [-0.2, 0) is 0 Å². The molecule has 0 fully saturated rings. The first-order chi connectivity index (χ1) is 9.32. The smallest absolute Gasteiger partial charge is 0.307 e. The van der Waals surface area contributed by atoms with E-state index in [9.17, 15) is 23.7 Å². The number of halogens is 2. The second-order valence-electron chi connectivity index (χ2n) is 4.83. The Bertz CT molecular complexity index is 519. The van der Waals surface area contributed by atoms with Crippen molar-refractivity contribution in [2.24, 2.45) is 5.92 Å². The average molecular weight is 286 g/mol. The molecule has 20 heavy (non-hydrogen) atoms. The molecule has 5 nitrogen and oxygen atoms in total. The van der Waals surface area contributed by atoms with Crippen molar-refractivity contribution >= 4 is 11.6 Å². The van der Waals surface area contributed by atoms with Crippen LogP contribution in [0.2, 0.25) is 0 Å². The molecule has 110 valence electrons. The quantitative estimate of drug-likeness (QED) is 0.496. The van der Waals surface area contributed by atoms with E-state index in [1.807, 2.05) is 13.8 Å². The Balaban J connectivity index is 2.74. The van der Waals surface area contributed by atoms with E-state index < -0.39 is 33.7 Å². The summed E-state index contributed by atoms with van der Waals surface area (Å²) in [4.78, 5) is 21.0. The SMILES string of the molecule is CC(C)CCCNC(=O)c1cc(F)c([N+](=O)[O-])cc1F. The monoisotopic (exact) mass is 286 g/mol. The summed E-state index contributed by atoms with van der Waals surface area (Å²) in [6, 6.07) is 0.962. The van der Waals surface area contributed by atoms with Crippen molar-refractivity contribution in [2.45, 2.75) is 26.7 Å². The third-order valence-corrected chi connectivity index (χ3v) is 2.72. The van der Waals surface area contributed by atoms with Gasteiger partial charge in [0.25, 0.3) is 5.91 Å². The van der Waals surface area contributed by atoms with E-state index in [1.165, 1.54) is 0 Å². The molecule has 1 N–H and O–H groups in total. The van der Waals surface area contributed by atoms with Crippen LogP contribution < -0.4 is 5.32 Å². The largest absolute Gasteiger partial charge is 0.352 e. The number of carbonyl (C=O) groups is 1. The summed E-state index contributed by atoms with van der Waals surface area (Å²) in [5.41, 5.74) is -1.52. The number of nitrogens with zero attached hydrogens (tertiary/aromatic N) is 1. The number of nitrogens with one attached hydrogen (secondary N) is 1. The number of nitro groups is 1. The molecule has 0 heterocycles. The van der Waals surface area contributed by atoms with Crippen molar-refractivity contribution < 1.29 is 18.5 Å². The number of hydrogen-bond acceptors (Lipinski definition) is 3. The lowest BCUT2D eigenvalue weighted by atomic mass is 10.1. The van der Waals surface area contributed by atoms with Gasteiger partial charge in [0.05, 0.1) is 16.6 Å². The van der Waals surface area contributed by atoms with Crippen molar-refractivity contribution in [3.8, 4) is 0 Å². The molecule has 0 saturated heterocycles. The maximum atomic E-state index is 13.5. The second-order valence-corrected chi connectivity index (χ2v) is 4.83. The van der Waals surface area contributed by atoms with Gasteiger partial charge in [-0.05, 0) is 24.8 Å².